The van der Waals surface area contributed by atoms with E-state index in [1.54, 1.807) is 0 Å². The van der Waals surface area contributed by atoms with E-state index in [4.69, 9.17) is 5.11 Å². The van der Waals surface area contributed by atoms with Gasteiger partial charge in [-0.15, -0.1) is 0 Å². The average Bonchev–Trinajstić information content (AvgIpc) is 1.91. The number of hydrogen-bond donors (Lipinski definition) is 2. The second-order valence-corrected chi connectivity index (χ2v) is 2.71. The molecule has 0 amide bonds. The van der Waals surface area contributed by atoms with Gasteiger partial charge in [-0.1, -0.05) is 20.3 Å². The van der Waals surface area contributed by atoms with E-state index in [9.17, 15) is 5.11 Å². The first-order valence-electron chi connectivity index (χ1n) is 4.05. The summed E-state index contributed by atoms with van der Waals surface area (Å²) in [7, 11) is 0. The zero-order valence-electron chi connectivity index (χ0n) is 9.58. The molecule has 0 aromatic heterocycles. The van der Waals surface area contributed by atoms with Gasteiger partial charge in [-0.05, 0) is 12.8 Å². The topological polar surface area (TPSA) is 40.5 Å². The van der Waals surface area contributed by atoms with Gasteiger partial charge >= 0.3 is 23.1 Å². The van der Waals surface area contributed by atoms with E-state index in [0.717, 1.165) is 19.3 Å². The molecule has 0 bridgehead atoms. The summed E-state index contributed by atoms with van der Waals surface area (Å²) < 4.78 is 0. The third-order valence-corrected chi connectivity index (χ3v) is 1.89. The molecule has 0 radical (unpaired) electrons. The molecule has 0 aromatic rings. The van der Waals surface area contributed by atoms with Crippen LogP contribution in [0.1, 0.15) is 36.0 Å². The summed E-state index contributed by atoms with van der Waals surface area (Å²) >= 11 is 0. The van der Waals surface area contributed by atoms with Gasteiger partial charge in [0.05, 0.1) is 6.10 Å². The fourth-order valence-electron chi connectivity index (χ4n) is 1.05. The summed E-state index contributed by atoms with van der Waals surface area (Å²) in [4.78, 5) is 0. The Morgan fingerprint density at radius 3 is 2.18 bits per heavy atom. The molecule has 2 unspecified atom stereocenters. The van der Waals surface area contributed by atoms with Gasteiger partial charge in [0.15, 0.2) is 0 Å². The number of aliphatic hydroxyl groups excluding tert-OH is 2. The molecular formula is C8H20MgO2. The SMILES string of the molecule is CCCC(O)C(CC)CO.[H-].[H-].[Mg+2]. The average molecular weight is 173 g/mol. The zero-order valence-corrected chi connectivity index (χ0v) is 9.00. The number of hydrogen-bond acceptors (Lipinski definition) is 2. The molecule has 3 heteroatoms. The van der Waals surface area contributed by atoms with Crippen molar-refractivity contribution in [2.45, 2.75) is 39.2 Å². The first-order chi connectivity index (χ1) is 4.76. The van der Waals surface area contributed by atoms with Crippen LogP contribution in [0.2, 0.25) is 0 Å². The second kappa shape index (κ2) is 8.78. The molecule has 2 atom stereocenters. The van der Waals surface area contributed by atoms with E-state index in [2.05, 4.69) is 0 Å². The monoisotopic (exact) mass is 172 g/mol. The van der Waals surface area contributed by atoms with Crippen LogP contribution in [0.5, 0.6) is 0 Å². The predicted octanol–water partition coefficient (Wildman–Crippen LogP) is 1.01. The van der Waals surface area contributed by atoms with Gasteiger partial charge in [0.1, 0.15) is 0 Å². The van der Waals surface area contributed by atoms with Crippen LogP contribution in [0, 0.1) is 5.92 Å². The van der Waals surface area contributed by atoms with E-state index >= 15 is 0 Å². The van der Waals surface area contributed by atoms with Crippen LogP contribution >= 0.6 is 0 Å². The Hall–Kier alpha value is 0.686. The third kappa shape index (κ3) is 5.90. The standard InChI is InChI=1S/C8H18O2.Mg.2H/c1-3-5-8(10)7(4-2)6-9;;;/h7-10H,3-6H2,1-2H3;;;/q;+2;2*-1. The van der Waals surface area contributed by atoms with Gasteiger partial charge in [-0.25, -0.2) is 0 Å². The van der Waals surface area contributed by atoms with Crippen LogP contribution in [0.15, 0.2) is 0 Å². The molecule has 66 valence electrons. The minimum atomic E-state index is -0.306. The maximum Gasteiger partial charge on any atom is 2.00 e. The Labute approximate surface area is 88.1 Å². The van der Waals surface area contributed by atoms with E-state index in [0.29, 0.717) is 0 Å². The normalized spacial score (nSPS) is 15.3. The van der Waals surface area contributed by atoms with E-state index < -0.39 is 0 Å². The Balaban J connectivity index is -0.000000135. The molecule has 2 N–H and O–H groups in total. The Morgan fingerprint density at radius 2 is 1.91 bits per heavy atom. The third-order valence-electron chi connectivity index (χ3n) is 1.89. The van der Waals surface area contributed by atoms with Crippen LogP contribution < -0.4 is 0 Å². The van der Waals surface area contributed by atoms with E-state index in [-0.39, 0.29) is 44.5 Å². The zero-order chi connectivity index (χ0) is 7.98. The van der Waals surface area contributed by atoms with E-state index in [1.807, 2.05) is 13.8 Å². The molecule has 0 fully saturated rings. The minimum absolute atomic E-state index is 0. The molecular weight excluding hydrogens is 152 g/mol. The maximum absolute atomic E-state index is 9.35. The maximum atomic E-state index is 9.35. The molecule has 0 spiro atoms. The van der Waals surface area contributed by atoms with Crippen LogP contribution in [0.4, 0.5) is 0 Å². The molecule has 0 aliphatic carbocycles. The van der Waals surface area contributed by atoms with Gasteiger partial charge in [-0.3, -0.25) is 0 Å². The van der Waals surface area contributed by atoms with Crippen LogP contribution in [0.3, 0.4) is 0 Å². The summed E-state index contributed by atoms with van der Waals surface area (Å²) in [5, 5.41) is 18.1. The first-order valence-corrected chi connectivity index (χ1v) is 4.05. The smallest absolute Gasteiger partial charge is 1.00 e. The van der Waals surface area contributed by atoms with Crippen molar-refractivity contribution in [2.24, 2.45) is 5.92 Å². The molecule has 0 saturated carbocycles. The fraction of sp³-hybridized carbons (Fsp3) is 1.00. The Bertz CT molecular complexity index is 82.5. The molecule has 0 heterocycles. The van der Waals surface area contributed by atoms with Gasteiger partial charge in [0, 0.05) is 12.5 Å². The fourth-order valence-corrected chi connectivity index (χ4v) is 1.05. The van der Waals surface area contributed by atoms with Crippen molar-refractivity contribution in [1.29, 1.82) is 0 Å². The van der Waals surface area contributed by atoms with Crippen molar-refractivity contribution in [2.75, 3.05) is 6.61 Å². The molecule has 0 saturated heterocycles. The van der Waals surface area contributed by atoms with Crippen molar-refractivity contribution < 1.29 is 13.1 Å². The Kier molecular flexibility index (Phi) is 11.4. The van der Waals surface area contributed by atoms with Crippen LogP contribution in [-0.4, -0.2) is 46.0 Å². The molecule has 0 aromatic carbocycles. The van der Waals surface area contributed by atoms with Crippen molar-refractivity contribution in [3.05, 3.63) is 0 Å². The first kappa shape index (κ1) is 14.2. The predicted molar refractivity (Wildman–Crippen MR) is 49.8 cm³/mol. The van der Waals surface area contributed by atoms with Crippen molar-refractivity contribution in [1.82, 2.24) is 0 Å². The second-order valence-electron chi connectivity index (χ2n) is 2.71. The molecule has 11 heavy (non-hydrogen) atoms. The molecule has 0 rings (SSSR count). The summed E-state index contributed by atoms with van der Waals surface area (Å²) in [6.07, 6.45) is 2.34. The van der Waals surface area contributed by atoms with Crippen LogP contribution in [-0.2, 0) is 0 Å². The van der Waals surface area contributed by atoms with Crippen molar-refractivity contribution >= 4 is 23.1 Å². The number of aliphatic hydroxyl groups is 2. The number of rotatable bonds is 5. The summed E-state index contributed by atoms with van der Waals surface area (Å²) in [5.41, 5.74) is 0. The largest absolute Gasteiger partial charge is 2.00 e. The van der Waals surface area contributed by atoms with Gasteiger partial charge in [0.2, 0.25) is 0 Å². The molecule has 0 aliphatic heterocycles. The van der Waals surface area contributed by atoms with E-state index in [1.165, 1.54) is 0 Å². The molecule has 0 aliphatic rings. The van der Waals surface area contributed by atoms with Gasteiger partial charge in [0.25, 0.3) is 0 Å². The summed E-state index contributed by atoms with van der Waals surface area (Å²) in [6, 6.07) is 0. The quantitative estimate of drug-likeness (QED) is 0.608. The molecule has 2 nitrogen and oxygen atoms in total. The van der Waals surface area contributed by atoms with Crippen molar-refractivity contribution in [3.63, 3.8) is 0 Å². The van der Waals surface area contributed by atoms with Crippen LogP contribution in [0.25, 0.3) is 0 Å². The summed E-state index contributed by atoms with van der Waals surface area (Å²) in [5.74, 6) is 0.0833. The van der Waals surface area contributed by atoms with Gasteiger partial charge < -0.3 is 13.1 Å². The van der Waals surface area contributed by atoms with Gasteiger partial charge in [-0.2, -0.15) is 0 Å². The van der Waals surface area contributed by atoms with Crippen molar-refractivity contribution in [3.8, 4) is 0 Å². The summed E-state index contributed by atoms with van der Waals surface area (Å²) in [6.45, 7) is 4.13. The Morgan fingerprint density at radius 1 is 1.36 bits per heavy atom. The minimum Gasteiger partial charge on any atom is -1.00 e.